The maximum atomic E-state index is 12.2. The van der Waals surface area contributed by atoms with Gasteiger partial charge in [-0.25, -0.2) is 4.79 Å². The van der Waals surface area contributed by atoms with Crippen LogP contribution in [0.2, 0.25) is 0 Å². The molecule has 0 saturated heterocycles. The highest BCUT2D eigenvalue weighted by Crippen LogP contribution is 2.40. The third-order valence-corrected chi connectivity index (χ3v) is 3.61. The van der Waals surface area contributed by atoms with Gasteiger partial charge in [0.15, 0.2) is 0 Å². The van der Waals surface area contributed by atoms with Gasteiger partial charge in [0.25, 0.3) is 0 Å². The molecule has 0 amide bonds. The number of hydrogen-bond donors (Lipinski definition) is 1. The predicted octanol–water partition coefficient (Wildman–Crippen LogP) is 2.14. The Balaban J connectivity index is 2.50. The summed E-state index contributed by atoms with van der Waals surface area (Å²) in [6.07, 6.45) is 3.07. The molecule has 124 valence electrons. The Bertz CT molecular complexity index is 323. The van der Waals surface area contributed by atoms with Crippen LogP contribution in [-0.4, -0.2) is 50.6 Å². The Hall–Kier alpha value is -0.650. The Morgan fingerprint density at radius 2 is 1.90 bits per heavy atom. The smallest absolute Gasteiger partial charge is 0.328 e. The minimum absolute atomic E-state index is 0.167. The van der Waals surface area contributed by atoms with Gasteiger partial charge in [0.2, 0.25) is 0 Å². The summed E-state index contributed by atoms with van der Waals surface area (Å²) in [6, 6.07) is 0. The lowest BCUT2D eigenvalue weighted by Crippen LogP contribution is -2.58. The summed E-state index contributed by atoms with van der Waals surface area (Å²) in [6.45, 7) is 10.3. The second-order valence-corrected chi connectivity index (χ2v) is 6.68. The van der Waals surface area contributed by atoms with Crippen LogP contribution in [0.3, 0.4) is 0 Å². The van der Waals surface area contributed by atoms with Crippen LogP contribution < -0.4 is 5.32 Å². The van der Waals surface area contributed by atoms with Crippen molar-refractivity contribution in [2.45, 2.75) is 58.1 Å². The van der Waals surface area contributed by atoms with Crippen molar-refractivity contribution in [1.29, 1.82) is 0 Å². The molecule has 1 aliphatic carbocycles. The Morgan fingerprint density at radius 3 is 2.38 bits per heavy atom. The fourth-order valence-corrected chi connectivity index (χ4v) is 2.36. The number of carbonyl (C=O) groups excluding carboxylic acids is 1. The van der Waals surface area contributed by atoms with Crippen molar-refractivity contribution in [3.63, 3.8) is 0 Å². The number of methoxy groups -OCH3 is 1. The van der Waals surface area contributed by atoms with Gasteiger partial charge in [0.05, 0.1) is 32.5 Å². The van der Waals surface area contributed by atoms with Crippen molar-refractivity contribution in [1.82, 2.24) is 5.32 Å². The van der Waals surface area contributed by atoms with Crippen molar-refractivity contribution in [2.75, 3.05) is 33.5 Å². The normalized spacial score (nSPS) is 18.3. The summed E-state index contributed by atoms with van der Waals surface area (Å²) in [5.74, 6) is 0.107. The average molecular weight is 301 g/mol. The Morgan fingerprint density at radius 1 is 1.24 bits per heavy atom. The summed E-state index contributed by atoms with van der Waals surface area (Å²) in [4.78, 5) is 12.2. The zero-order valence-electron chi connectivity index (χ0n) is 14.2. The summed E-state index contributed by atoms with van der Waals surface area (Å²) in [5, 5.41) is 3.36. The van der Waals surface area contributed by atoms with E-state index in [1.165, 1.54) is 7.11 Å². The first-order valence-corrected chi connectivity index (χ1v) is 7.91. The van der Waals surface area contributed by atoms with Gasteiger partial charge in [-0.2, -0.15) is 0 Å². The largest absolute Gasteiger partial charge is 0.468 e. The maximum absolute atomic E-state index is 12.2. The van der Waals surface area contributed by atoms with Gasteiger partial charge in [-0.3, -0.25) is 5.32 Å². The monoisotopic (exact) mass is 301 g/mol. The molecule has 1 N–H and O–H groups in total. The lowest BCUT2D eigenvalue weighted by atomic mass is 9.94. The number of carbonyl (C=O) groups is 1. The van der Waals surface area contributed by atoms with E-state index in [0.717, 1.165) is 25.8 Å². The van der Waals surface area contributed by atoms with Gasteiger partial charge in [0.1, 0.15) is 5.54 Å². The fourth-order valence-electron chi connectivity index (χ4n) is 2.36. The molecule has 5 nitrogen and oxygen atoms in total. The molecule has 21 heavy (non-hydrogen) atoms. The van der Waals surface area contributed by atoms with Crippen molar-refractivity contribution in [2.24, 2.45) is 5.92 Å². The molecule has 1 rings (SSSR count). The van der Waals surface area contributed by atoms with Gasteiger partial charge in [-0.05, 0) is 52.5 Å². The molecule has 0 aromatic heterocycles. The zero-order valence-corrected chi connectivity index (χ0v) is 14.2. The van der Waals surface area contributed by atoms with E-state index >= 15 is 0 Å². The van der Waals surface area contributed by atoms with E-state index in [1.807, 2.05) is 20.8 Å². The molecule has 1 saturated carbocycles. The molecule has 0 bridgehead atoms. The van der Waals surface area contributed by atoms with Crippen LogP contribution in [0, 0.1) is 5.92 Å². The highest BCUT2D eigenvalue weighted by Gasteiger charge is 2.51. The molecule has 0 spiro atoms. The van der Waals surface area contributed by atoms with E-state index in [-0.39, 0.29) is 11.6 Å². The van der Waals surface area contributed by atoms with Crippen molar-refractivity contribution in [3.8, 4) is 0 Å². The van der Waals surface area contributed by atoms with Gasteiger partial charge < -0.3 is 14.2 Å². The van der Waals surface area contributed by atoms with Crippen molar-refractivity contribution < 1.29 is 19.0 Å². The number of nitrogens with one attached hydrogen (secondary N) is 1. The summed E-state index contributed by atoms with van der Waals surface area (Å²) in [7, 11) is 1.44. The van der Waals surface area contributed by atoms with Crippen LogP contribution in [0.1, 0.15) is 47.0 Å². The molecule has 1 aliphatic rings. The molecule has 5 heteroatoms. The van der Waals surface area contributed by atoms with E-state index in [9.17, 15) is 4.79 Å². The predicted molar refractivity (Wildman–Crippen MR) is 82.3 cm³/mol. The van der Waals surface area contributed by atoms with Crippen LogP contribution in [-0.2, 0) is 19.0 Å². The highest BCUT2D eigenvalue weighted by atomic mass is 16.5. The van der Waals surface area contributed by atoms with E-state index < -0.39 is 5.54 Å². The highest BCUT2D eigenvalue weighted by molar-refractivity contribution is 5.82. The number of rotatable bonds is 10. The van der Waals surface area contributed by atoms with Crippen LogP contribution in [0.25, 0.3) is 0 Å². The van der Waals surface area contributed by atoms with Crippen LogP contribution >= 0.6 is 0 Å². The zero-order chi connectivity index (χ0) is 15.9. The van der Waals surface area contributed by atoms with Gasteiger partial charge >= 0.3 is 5.97 Å². The minimum Gasteiger partial charge on any atom is -0.468 e. The first-order chi connectivity index (χ1) is 9.85. The average Bonchev–Trinajstić information content (AvgIpc) is 3.24. The molecular formula is C16H31NO4. The molecule has 1 fully saturated rings. The molecule has 1 unspecified atom stereocenters. The molecule has 1 atom stereocenters. The topological polar surface area (TPSA) is 56.8 Å². The number of hydrogen-bond acceptors (Lipinski definition) is 5. The molecule has 0 aromatic carbocycles. The van der Waals surface area contributed by atoms with Gasteiger partial charge in [-0.15, -0.1) is 0 Å². The van der Waals surface area contributed by atoms with Crippen molar-refractivity contribution >= 4 is 5.97 Å². The third kappa shape index (κ3) is 5.93. The second kappa shape index (κ2) is 8.11. The van der Waals surface area contributed by atoms with Crippen molar-refractivity contribution in [3.05, 3.63) is 0 Å². The minimum atomic E-state index is -0.688. The van der Waals surface area contributed by atoms with E-state index in [1.54, 1.807) is 0 Å². The molecule has 0 heterocycles. The van der Waals surface area contributed by atoms with E-state index in [4.69, 9.17) is 14.2 Å². The van der Waals surface area contributed by atoms with Crippen LogP contribution in [0.4, 0.5) is 0 Å². The Labute approximate surface area is 128 Å². The quantitative estimate of drug-likeness (QED) is 0.495. The second-order valence-electron chi connectivity index (χ2n) is 6.68. The molecular weight excluding hydrogens is 270 g/mol. The van der Waals surface area contributed by atoms with E-state index in [0.29, 0.717) is 25.7 Å². The van der Waals surface area contributed by atoms with Crippen LogP contribution in [0.5, 0.6) is 0 Å². The van der Waals surface area contributed by atoms with Crippen LogP contribution in [0.15, 0.2) is 0 Å². The number of esters is 1. The summed E-state index contributed by atoms with van der Waals surface area (Å²) < 4.78 is 16.4. The lowest BCUT2D eigenvalue weighted by molar-refractivity contribution is -0.153. The standard InChI is InChI=1S/C16H31NO4/c1-6-9-17-16(13-7-8-13,14(18)19-5)12-20-10-11-21-15(2,3)4/h13,17H,6-12H2,1-5H3. The number of ether oxygens (including phenoxy) is 3. The maximum Gasteiger partial charge on any atom is 0.328 e. The first-order valence-electron chi connectivity index (χ1n) is 7.91. The Kier molecular flexibility index (Phi) is 7.10. The fraction of sp³-hybridized carbons (Fsp3) is 0.938. The third-order valence-electron chi connectivity index (χ3n) is 3.61. The summed E-state index contributed by atoms with van der Waals surface area (Å²) >= 11 is 0. The first kappa shape index (κ1) is 18.4. The SMILES string of the molecule is CCCNC(COCCOC(C)(C)C)(C(=O)OC)C1CC1. The molecule has 0 aliphatic heterocycles. The summed E-state index contributed by atoms with van der Waals surface area (Å²) in [5.41, 5.74) is -0.855. The lowest BCUT2D eigenvalue weighted by Gasteiger charge is -2.32. The van der Waals surface area contributed by atoms with Gasteiger partial charge in [-0.1, -0.05) is 6.92 Å². The molecule has 0 aromatic rings. The molecule has 0 radical (unpaired) electrons. The van der Waals surface area contributed by atoms with Gasteiger partial charge in [0, 0.05) is 0 Å². The van der Waals surface area contributed by atoms with E-state index in [2.05, 4.69) is 12.2 Å².